The normalized spacial score (nSPS) is 12.4. The van der Waals surface area contributed by atoms with Gasteiger partial charge in [0, 0.05) is 5.54 Å². The third-order valence-corrected chi connectivity index (χ3v) is 5.51. The van der Waals surface area contributed by atoms with Crippen molar-refractivity contribution in [3.8, 4) is 0 Å². The molecule has 108 valence electrons. The van der Waals surface area contributed by atoms with E-state index in [2.05, 4.69) is 14.4 Å². The summed E-state index contributed by atoms with van der Waals surface area (Å²) in [6.45, 7) is 5.57. The summed E-state index contributed by atoms with van der Waals surface area (Å²) in [5, 5.41) is 0. The molecule has 0 atom stereocenters. The van der Waals surface area contributed by atoms with Gasteiger partial charge in [-0.25, -0.2) is 22.9 Å². The van der Waals surface area contributed by atoms with Crippen LogP contribution < -0.4 is 4.72 Å². The first-order valence-corrected chi connectivity index (χ1v) is 8.15. The minimum absolute atomic E-state index is 0.108. The number of rotatable bonds is 6. The Morgan fingerprint density at radius 1 is 1.53 bits per heavy atom. The molecule has 0 unspecified atom stereocenters. The van der Waals surface area contributed by atoms with Crippen LogP contribution >= 0.6 is 11.3 Å². The van der Waals surface area contributed by atoms with Crippen molar-refractivity contribution in [2.45, 2.75) is 43.4 Å². The number of nitrogens with zero attached hydrogens (tertiary/aromatic N) is 1. The fraction of sp³-hybridized carbons (Fsp3) is 0.636. The number of aromatic nitrogens is 1. The van der Waals surface area contributed by atoms with Crippen LogP contribution in [0, 0.1) is 0 Å². The number of sulfonamides is 1. The fourth-order valence-electron chi connectivity index (χ4n) is 1.74. The van der Waals surface area contributed by atoms with Gasteiger partial charge in [0.15, 0.2) is 9.90 Å². The number of carbonyl (C=O) groups excluding carboxylic acids is 1. The van der Waals surface area contributed by atoms with E-state index in [1.165, 1.54) is 12.6 Å². The molecule has 0 saturated carbocycles. The van der Waals surface area contributed by atoms with E-state index in [0.29, 0.717) is 6.42 Å². The number of hydrogen-bond acceptors (Lipinski definition) is 6. The summed E-state index contributed by atoms with van der Waals surface area (Å²) in [5.41, 5.74) is 0.561. The molecule has 1 N–H and O–H groups in total. The summed E-state index contributed by atoms with van der Waals surface area (Å²) in [6.07, 6.45) is 1.54. The summed E-state index contributed by atoms with van der Waals surface area (Å²) in [5.74, 6) is -0.755. The van der Waals surface area contributed by atoms with E-state index in [-0.39, 0.29) is 9.90 Å². The zero-order chi connectivity index (χ0) is 14.7. The first-order valence-electron chi connectivity index (χ1n) is 5.79. The molecular weight excluding hydrogens is 288 g/mol. The van der Waals surface area contributed by atoms with Crippen LogP contribution in [0.4, 0.5) is 0 Å². The molecule has 8 heteroatoms. The van der Waals surface area contributed by atoms with Gasteiger partial charge in [0.1, 0.15) is 0 Å². The molecule has 0 radical (unpaired) electrons. The van der Waals surface area contributed by atoms with Gasteiger partial charge in [-0.05, 0) is 20.3 Å². The monoisotopic (exact) mass is 306 g/mol. The van der Waals surface area contributed by atoms with E-state index in [4.69, 9.17) is 0 Å². The van der Waals surface area contributed by atoms with Crippen LogP contribution in [0.25, 0.3) is 0 Å². The average Bonchev–Trinajstić information content (AvgIpc) is 2.75. The van der Waals surface area contributed by atoms with Crippen LogP contribution in [-0.4, -0.2) is 32.0 Å². The number of nitrogens with one attached hydrogen (secondary N) is 1. The smallest absolute Gasteiger partial charge is 0.358 e. The molecule has 0 aliphatic heterocycles. The average molecular weight is 306 g/mol. The van der Waals surface area contributed by atoms with E-state index < -0.39 is 21.5 Å². The van der Waals surface area contributed by atoms with Crippen molar-refractivity contribution in [1.82, 2.24) is 9.71 Å². The molecule has 0 spiro atoms. The molecule has 0 aromatic carbocycles. The predicted octanol–water partition coefficient (Wildman–Crippen LogP) is 1.79. The molecule has 1 rings (SSSR count). The quantitative estimate of drug-likeness (QED) is 0.810. The number of esters is 1. The molecule has 19 heavy (non-hydrogen) atoms. The van der Waals surface area contributed by atoms with Gasteiger partial charge in [0.05, 0.1) is 12.6 Å². The van der Waals surface area contributed by atoms with Crippen LogP contribution in [0.3, 0.4) is 0 Å². The Bertz CT molecular complexity index is 549. The van der Waals surface area contributed by atoms with E-state index in [9.17, 15) is 13.2 Å². The topological polar surface area (TPSA) is 85.4 Å². The Hall–Kier alpha value is -0.990. The van der Waals surface area contributed by atoms with Gasteiger partial charge in [-0.1, -0.05) is 13.3 Å². The highest BCUT2D eigenvalue weighted by molar-refractivity contribution is 7.91. The molecule has 0 amide bonds. The summed E-state index contributed by atoms with van der Waals surface area (Å²) < 4.78 is 31.6. The van der Waals surface area contributed by atoms with Crippen molar-refractivity contribution in [3.63, 3.8) is 0 Å². The Labute approximate surface area is 117 Å². The molecule has 0 aliphatic rings. The van der Waals surface area contributed by atoms with Crippen molar-refractivity contribution < 1.29 is 17.9 Å². The maximum Gasteiger partial charge on any atom is 0.358 e. The third kappa shape index (κ3) is 3.99. The summed E-state index contributed by atoms with van der Waals surface area (Å²) in [4.78, 5) is 15.2. The Morgan fingerprint density at radius 2 is 2.16 bits per heavy atom. The highest BCUT2D eigenvalue weighted by Crippen LogP contribution is 2.23. The second kappa shape index (κ2) is 5.98. The van der Waals surface area contributed by atoms with Gasteiger partial charge in [0.25, 0.3) is 10.0 Å². The zero-order valence-corrected chi connectivity index (χ0v) is 13.0. The molecule has 1 aromatic heterocycles. The van der Waals surface area contributed by atoms with Gasteiger partial charge in [0.2, 0.25) is 0 Å². The fourth-order valence-corrected chi connectivity index (χ4v) is 4.32. The number of carbonyl (C=O) groups is 1. The summed E-state index contributed by atoms with van der Waals surface area (Å²) in [6, 6.07) is 0. The largest absolute Gasteiger partial charge is 0.464 e. The van der Waals surface area contributed by atoms with Crippen molar-refractivity contribution >= 4 is 27.3 Å². The third-order valence-electron chi connectivity index (χ3n) is 2.44. The molecular formula is C11H18N2O4S2. The lowest BCUT2D eigenvalue weighted by molar-refractivity contribution is 0.0590. The molecule has 1 heterocycles. The number of ether oxygens (including phenoxy) is 1. The van der Waals surface area contributed by atoms with Crippen LogP contribution in [0.15, 0.2) is 9.72 Å². The molecule has 0 aliphatic carbocycles. The van der Waals surface area contributed by atoms with Gasteiger partial charge < -0.3 is 4.74 Å². The van der Waals surface area contributed by atoms with E-state index >= 15 is 0 Å². The van der Waals surface area contributed by atoms with E-state index in [1.54, 1.807) is 13.8 Å². The highest BCUT2D eigenvalue weighted by Gasteiger charge is 2.31. The summed E-state index contributed by atoms with van der Waals surface area (Å²) in [7, 11) is -2.59. The Kier molecular flexibility index (Phi) is 5.05. The standard InChI is InChI=1S/C11H18N2O4S2/c1-5-6-11(2,3)13-19(15,16)10-8(9(14)17-4)12-7-18-10/h7,13H,5-6H2,1-4H3. The summed E-state index contributed by atoms with van der Waals surface area (Å²) >= 11 is 0.897. The lowest BCUT2D eigenvalue weighted by Crippen LogP contribution is -2.43. The minimum Gasteiger partial charge on any atom is -0.464 e. The van der Waals surface area contributed by atoms with Crippen LogP contribution in [0.1, 0.15) is 44.1 Å². The first kappa shape index (κ1) is 16.1. The van der Waals surface area contributed by atoms with Crippen molar-refractivity contribution in [2.75, 3.05) is 7.11 Å². The van der Waals surface area contributed by atoms with E-state index in [1.807, 2.05) is 6.92 Å². The second-order valence-electron chi connectivity index (χ2n) is 4.72. The zero-order valence-electron chi connectivity index (χ0n) is 11.4. The molecule has 6 nitrogen and oxygen atoms in total. The molecule has 0 fully saturated rings. The van der Waals surface area contributed by atoms with Crippen molar-refractivity contribution in [3.05, 3.63) is 11.2 Å². The molecule has 0 bridgehead atoms. The van der Waals surface area contributed by atoms with Gasteiger partial charge >= 0.3 is 5.97 Å². The van der Waals surface area contributed by atoms with Gasteiger partial charge in [-0.15, -0.1) is 11.3 Å². The number of thiazole rings is 1. The number of methoxy groups -OCH3 is 1. The van der Waals surface area contributed by atoms with Crippen molar-refractivity contribution in [2.24, 2.45) is 0 Å². The highest BCUT2D eigenvalue weighted by atomic mass is 32.2. The molecule has 1 aromatic rings. The number of hydrogen-bond donors (Lipinski definition) is 1. The SMILES string of the molecule is CCCC(C)(C)NS(=O)(=O)c1scnc1C(=O)OC. The Morgan fingerprint density at radius 3 is 2.68 bits per heavy atom. The van der Waals surface area contributed by atoms with Gasteiger partial charge in [-0.2, -0.15) is 0 Å². The van der Waals surface area contributed by atoms with Crippen LogP contribution in [0.2, 0.25) is 0 Å². The second-order valence-corrected chi connectivity index (χ2v) is 7.45. The minimum atomic E-state index is -3.78. The lowest BCUT2D eigenvalue weighted by atomic mass is 10.0. The Balaban J connectivity index is 3.08. The maximum atomic E-state index is 12.3. The van der Waals surface area contributed by atoms with Crippen molar-refractivity contribution in [1.29, 1.82) is 0 Å². The first-order chi connectivity index (χ1) is 8.73. The molecule has 0 saturated heterocycles. The lowest BCUT2D eigenvalue weighted by Gasteiger charge is -2.24. The van der Waals surface area contributed by atoms with E-state index in [0.717, 1.165) is 17.8 Å². The van der Waals surface area contributed by atoms with Crippen LogP contribution in [-0.2, 0) is 14.8 Å². The predicted molar refractivity (Wildman–Crippen MR) is 72.8 cm³/mol. The maximum absolute atomic E-state index is 12.3. The van der Waals surface area contributed by atoms with Crippen LogP contribution in [0.5, 0.6) is 0 Å². The van der Waals surface area contributed by atoms with Gasteiger partial charge in [-0.3, -0.25) is 0 Å².